The molecule has 0 bridgehead atoms. The van der Waals surface area contributed by atoms with Crippen molar-refractivity contribution in [2.45, 2.75) is 362 Å². The molecule has 0 saturated carbocycles. The van der Waals surface area contributed by atoms with Crippen molar-refractivity contribution < 1.29 is 18.8 Å². The molecule has 1 fully saturated rings. The van der Waals surface area contributed by atoms with E-state index in [-0.39, 0.29) is 17.5 Å². The van der Waals surface area contributed by atoms with Gasteiger partial charge >= 0.3 is 409 Å². The van der Waals surface area contributed by atoms with Gasteiger partial charge in [-0.05, 0) is 0 Å². The van der Waals surface area contributed by atoms with E-state index in [0.717, 1.165) is 71.1 Å². The fourth-order valence-corrected chi connectivity index (χ4v) is 81.6. The zero-order valence-corrected chi connectivity index (χ0v) is 51.6. The third kappa shape index (κ3) is 31.8. The molecule has 0 aliphatic carbocycles. The molecular weight excluding hydrogens is 1030 g/mol. The van der Waals surface area contributed by atoms with Crippen molar-refractivity contribution in [2.24, 2.45) is 0 Å². The average Bonchev–Trinajstić information content (AvgIpc) is 3.31. The zero-order valence-electron chi connectivity index (χ0n) is 45.9. The number of rotatable bonds is 50. The summed E-state index contributed by atoms with van der Waals surface area (Å²) in [7, 11) is 0. The van der Waals surface area contributed by atoms with Gasteiger partial charge in [0.1, 0.15) is 0 Å². The Morgan fingerprint density at radius 3 is 1.02 bits per heavy atom. The molecule has 0 aromatic carbocycles. The van der Waals surface area contributed by atoms with E-state index in [0.29, 0.717) is 12.8 Å². The molecule has 392 valence electrons. The molecule has 1 aliphatic heterocycles. The van der Waals surface area contributed by atoms with Crippen molar-refractivity contribution in [3.63, 3.8) is 0 Å². The first-order valence-corrected chi connectivity index (χ1v) is 51.0. The topological polar surface area (TPSA) is 61.8 Å². The van der Waals surface area contributed by atoms with Gasteiger partial charge in [0, 0.05) is 0 Å². The van der Waals surface area contributed by atoms with Crippen molar-refractivity contribution in [3.8, 4) is 0 Å². The molecule has 66 heavy (non-hydrogen) atoms. The molecular formula is C59H118O5Sn2. The van der Waals surface area contributed by atoms with Crippen molar-refractivity contribution in [3.05, 3.63) is 0 Å². The van der Waals surface area contributed by atoms with Gasteiger partial charge in [-0.3, -0.25) is 0 Å². The van der Waals surface area contributed by atoms with Gasteiger partial charge in [-0.2, -0.15) is 0 Å². The van der Waals surface area contributed by atoms with Crippen LogP contribution < -0.4 is 0 Å². The van der Waals surface area contributed by atoms with Crippen LogP contribution in [0.5, 0.6) is 0 Å². The third-order valence-electron chi connectivity index (χ3n) is 15.4. The van der Waals surface area contributed by atoms with E-state index < -0.39 is 30.1 Å². The van der Waals surface area contributed by atoms with Gasteiger partial charge < -0.3 is 0 Å². The molecule has 1 rings (SSSR count). The summed E-state index contributed by atoms with van der Waals surface area (Å²) in [5.41, 5.74) is -0.225. The summed E-state index contributed by atoms with van der Waals surface area (Å²) in [6.07, 6.45) is 56.6. The van der Waals surface area contributed by atoms with Gasteiger partial charge in [0.25, 0.3) is 0 Å². The molecule has 0 amide bonds. The number of hydrogen-bond acceptors (Lipinski definition) is 5. The second-order valence-corrected chi connectivity index (χ2v) is 69.7. The SMILES string of the molecule is CCCCCCCCCCCC(=O)[O][Sn]1([CH2]CCCCCCC)[CH2]CC(CCCCCCCC)(CCCCCCCC)[O][Sn]1([CH2]CCCCCCC)[O]C(=O)CCCCCCCCCCC. The van der Waals surface area contributed by atoms with Crippen LogP contribution in [0.25, 0.3) is 0 Å². The Kier molecular flexibility index (Phi) is 44.3. The van der Waals surface area contributed by atoms with Crippen molar-refractivity contribution in [2.75, 3.05) is 0 Å². The Balaban J connectivity index is 3.63. The summed E-state index contributed by atoms with van der Waals surface area (Å²) in [4.78, 5) is 29.1. The number of carbonyl (C=O) groups excluding carboxylic acids is 2. The van der Waals surface area contributed by atoms with Gasteiger partial charge in [-0.15, -0.1) is 0 Å². The van der Waals surface area contributed by atoms with E-state index >= 15 is 0 Å². The summed E-state index contributed by atoms with van der Waals surface area (Å²) in [5.74, 6) is 0.0513. The van der Waals surface area contributed by atoms with Gasteiger partial charge in [0.15, 0.2) is 0 Å². The standard InChI is InChI=1S/C19H38O.2C12H24O2.2C8H17.2Sn/c1-4-7-9-11-13-15-17-19(20,6-3)18-16-14-12-10-8-5-2;2*1-2-3-4-5-6-7-8-9-10-11-12(13)14;2*1-3-5-7-8-6-4-2;;/h3-18H2,1-2H3;2*2-11H2,1H3,(H,13,14);2*1,3-8H2,2H3;;/q-1;;;;;+1;+2/p-2. The molecule has 0 N–H and O–H groups in total. The maximum atomic E-state index is 14.7. The van der Waals surface area contributed by atoms with Crippen molar-refractivity contribution in [1.82, 2.24) is 0 Å². The molecule has 5 nitrogen and oxygen atoms in total. The molecule has 1 saturated heterocycles. The molecule has 0 radical (unpaired) electrons. The summed E-state index contributed by atoms with van der Waals surface area (Å²) >= 11 is -8.47. The van der Waals surface area contributed by atoms with Crippen LogP contribution in [0.1, 0.15) is 343 Å². The number of carbonyl (C=O) groups is 2. The van der Waals surface area contributed by atoms with Crippen LogP contribution >= 0.6 is 0 Å². The van der Waals surface area contributed by atoms with Crippen LogP contribution in [-0.2, 0) is 18.8 Å². The van der Waals surface area contributed by atoms with Gasteiger partial charge in [-0.25, -0.2) is 0 Å². The summed E-state index contributed by atoms with van der Waals surface area (Å²) < 4.78 is 26.0. The fraction of sp³-hybridized carbons (Fsp3) is 0.966. The van der Waals surface area contributed by atoms with Gasteiger partial charge in [0.2, 0.25) is 0 Å². The van der Waals surface area contributed by atoms with Crippen LogP contribution in [0.4, 0.5) is 0 Å². The Morgan fingerprint density at radius 1 is 0.364 bits per heavy atom. The minimum atomic E-state index is -4.43. The number of unbranched alkanes of at least 4 members (excludes halogenated alkanes) is 36. The average molecular weight is 1150 g/mol. The smallest absolute Gasteiger partial charge is 0.0654 e. The van der Waals surface area contributed by atoms with Crippen molar-refractivity contribution in [1.29, 1.82) is 0 Å². The van der Waals surface area contributed by atoms with E-state index in [2.05, 4.69) is 41.5 Å². The quantitative estimate of drug-likeness (QED) is 0.0449. The van der Waals surface area contributed by atoms with E-state index in [1.807, 2.05) is 0 Å². The Hall–Kier alpha value is 0.497. The third-order valence-corrected chi connectivity index (χ3v) is 80.9. The first kappa shape index (κ1) is 64.5. The first-order chi connectivity index (χ1) is 32.3. The maximum absolute atomic E-state index is 14.7. The summed E-state index contributed by atoms with van der Waals surface area (Å²) in [6.45, 7) is 13.8. The van der Waals surface area contributed by atoms with E-state index in [4.69, 9.17) is 9.22 Å². The molecule has 2 unspecified atom stereocenters. The van der Waals surface area contributed by atoms with E-state index in [1.54, 1.807) is 0 Å². The molecule has 7 heteroatoms. The summed E-state index contributed by atoms with van der Waals surface area (Å²) in [6, 6.07) is 0. The molecule has 0 aromatic rings. The fourth-order valence-electron chi connectivity index (χ4n) is 11.0. The number of hydrogen-bond donors (Lipinski definition) is 0. The van der Waals surface area contributed by atoms with Crippen LogP contribution in [-0.4, -0.2) is 47.6 Å². The molecule has 1 aliphatic rings. The second kappa shape index (κ2) is 45.4. The van der Waals surface area contributed by atoms with Crippen LogP contribution in [0.3, 0.4) is 0 Å². The molecule has 2 atom stereocenters. The van der Waals surface area contributed by atoms with Gasteiger partial charge in [-0.1, -0.05) is 13.8 Å². The molecule has 0 aromatic heterocycles. The van der Waals surface area contributed by atoms with E-state index in [9.17, 15) is 9.59 Å². The minimum absolute atomic E-state index is 0.00802. The normalized spacial score (nSPS) is 18.2. The van der Waals surface area contributed by atoms with Crippen LogP contribution in [0.15, 0.2) is 0 Å². The van der Waals surface area contributed by atoms with Gasteiger partial charge in [0.05, 0.1) is 0 Å². The zero-order chi connectivity index (χ0) is 48.1. The molecule has 1 heterocycles. The Bertz CT molecular complexity index is 1070. The van der Waals surface area contributed by atoms with Crippen LogP contribution in [0, 0.1) is 0 Å². The Morgan fingerprint density at radius 2 is 0.652 bits per heavy atom. The predicted molar refractivity (Wildman–Crippen MR) is 293 cm³/mol. The predicted octanol–water partition coefficient (Wildman–Crippen LogP) is 20.8. The second-order valence-electron chi connectivity index (χ2n) is 21.7. The van der Waals surface area contributed by atoms with Crippen LogP contribution in [0.2, 0.25) is 13.3 Å². The van der Waals surface area contributed by atoms with Crippen molar-refractivity contribution >= 4 is 42.0 Å². The minimum Gasteiger partial charge on any atom is -0.0654 e. The summed E-state index contributed by atoms with van der Waals surface area (Å²) in [5, 5.41) is 0. The van der Waals surface area contributed by atoms with E-state index in [1.165, 1.54) is 231 Å². The molecule has 0 spiro atoms. The first-order valence-electron chi connectivity index (χ1n) is 30.5. The Labute approximate surface area is 420 Å². The monoisotopic (exact) mass is 1150 g/mol.